The van der Waals surface area contributed by atoms with Crippen molar-refractivity contribution in [3.8, 4) is 0 Å². The molecule has 0 spiro atoms. The van der Waals surface area contributed by atoms with E-state index in [2.05, 4.69) is 22.5 Å². The van der Waals surface area contributed by atoms with E-state index in [1.807, 2.05) is 26.0 Å². The van der Waals surface area contributed by atoms with Crippen molar-refractivity contribution in [2.24, 2.45) is 10.9 Å². The van der Waals surface area contributed by atoms with Gasteiger partial charge in [0.15, 0.2) is 15.8 Å². The summed E-state index contributed by atoms with van der Waals surface area (Å²) >= 11 is 0. The maximum Gasteiger partial charge on any atom is 0.191 e. The van der Waals surface area contributed by atoms with E-state index in [9.17, 15) is 8.42 Å². The van der Waals surface area contributed by atoms with Crippen molar-refractivity contribution >= 4 is 15.8 Å². The number of hydrogen-bond acceptors (Lipinski definition) is 4. The highest BCUT2D eigenvalue weighted by Crippen LogP contribution is 2.30. The SMILES string of the molecule is CCNC(=NCc1ccc(S(C)(=O)=O)c(C)c1)NCCC(OCC)C1CCCC1. The summed E-state index contributed by atoms with van der Waals surface area (Å²) in [4.78, 5) is 5.04. The largest absolute Gasteiger partial charge is 0.378 e. The van der Waals surface area contributed by atoms with E-state index < -0.39 is 9.84 Å². The van der Waals surface area contributed by atoms with Crippen LogP contribution in [0.3, 0.4) is 0 Å². The molecule has 1 aliphatic rings. The summed E-state index contributed by atoms with van der Waals surface area (Å²) in [6, 6.07) is 5.40. The average Bonchev–Trinajstić information content (AvgIpc) is 3.19. The molecule has 7 heteroatoms. The molecule has 1 aliphatic carbocycles. The standard InChI is InChI=1S/C22H37N3O3S/c1-5-23-22(24-14-13-20(28-6-2)19-9-7-8-10-19)25-16-18-11-12-21(17(3)15-18)29(4,26)27/h11-12,15,19-20H,5-10,13-14,16H2,1-4H3,(H2,23,24,25). The van der Waals surface area contributed by atoms with Gasteiger partial charge in [-0.1, -0.05) is 25.0 Å². The van der Waals surface area contributed by atoms with Gasteiger partial charge in [-0.25, -0.2) is 13.4 Å². The number of nitrogens with zero attached hydrogens (tertiary/aromatic N) is 1. The zero-order chi connectivity index (χ0) is 21.3. The minimum Gasteiger partial charge on any atom is -0.378 e. The van der Waals surface area contributed by atoms with Crippen molar-refractivity contribution in [1.82, 2.24) is 10.6 Å². The van der Waals surface area contributed by atoms with Crippen LogP contribution in [0.4, 0.5) is 0 Å². The lowest BCUT2D eigenvalue weighted by Crippen LogP contribution is -2.39. The molecule has 2 N–H and O–H groups in total. The molecule has 1 saturated carbocycles. The van der Waals surface area contributed by atoms with E-state index in [0.29, 0.717) is 23.5 Å². The molecule has 2 rings (SSSR count). The fourth-order valence-electron chi connectivity index (χ4n) is 4.07. The number of sulfone groups is 1. The number of rotatable bonds is 10. The van der Waals surface area contributed by atoms with Crippen LogP contribution in [0.15, 0.2) is 28.1 Å². The first-order valence-corrected chi connectivity index (χ1v) is 12.7. The summed E-state index contributed by atoms with van der Waals surface area (Å²) in [6.45, 7) is 8.80. The molecule has 1 aromatic rings. The molecular weight excluding hydrogens is 386 g/mol. The van der Waals surface area contributed by atoms with Crippen LogP contribution in [-0.4, -0.2) is 46.4 Å². The smallest absolute Gasteiger partial charge is 0.191 e. The third-order valence-electron chi connectivity index (χ3n) is 5.43. The Bertz CT molecular complexity index is 772. The lowest BCUT2D eigenvalue weighted by atomic mass is 9.98. The summed E-state index contributed by atoms with van der Waals surface area (Å²) in [5.41, 5.74) is 1.75. The molecule has 0 amide bonds. The third kappa shape index (κ3) is 7.63. The molecule has 0 bridgehead atoms. The molecule has 1 atom stereocenters. The predicted molar refractivity (Wildman–Crippen MR) is 119 cm³/mol. The quantitative estimate of drug-likeness (QED) is 0.445. The highest BCUT2D eigenvalue weighted by molar-refractivity contribution is 7.90. The second-order valence-electron chi connectivity index (χ2n) is 7.82. The Morgan fingerprint density at radius 1 is 1.24 bits per heavy atom. The van der Waals surface area contributed by atoms with Crippen molar-refractivity contribution in [3.63, 3.8) is 0 Å². The molecule has 0 saturated heterocycles. The van der Waals surface area contributed by atoms with Crippen molar-refractivity contribution in [3.05, 3.63) is 29.3 Å². The summed E-state index contributed by atoms with van der Waals surface area (Å²) < 4.78 is 29.5. The number of aliphatic imine (C=N–C) groups is 1. The highest BCUT2D eigenvalue weighted by atomic mass is 32.2. The minimum atomic E-state index is -3.19. The second-order valence-corrected chi connectivity index (χ2v) is 9.81. The van der Waals surface area contributed by atoms with Crippen LogP contribution < -0.4 is 10.6 Å². The molecule has 0 radical (unpaired) electrons. The third-order valence-corrected chi connectivity index (χ3v) is 6.69. The van der Waals surface area contributed by atoms with Crippen LogP contribution in [0.25, 0.3) is 0 Å². The number of guanidine groups is 1. The van der Waals surface area contributed by atoms with Crippen LogP contribution in [-0.2, 0) is 21.1 Å². The summed E-state index contributed by atoms with van der Waals surface area (Å²) in [5.74, 6) is 1.46. The van der Waals surface area contributed by atoms with Crippen LogP contribution in [0.5, 0.6) is 0 Å². The average molecular weight is 424 g/mol. The highest BCUT2D eigenvalue weighted by Gasteiger charge is 2.25. The molecule has 1 fully saturated rings. The van der Waals surface area contributed by atoms with E-state index >= 15 is 0 Å². The van der Waals surface area contributed by atoms with Gasteiger partial charge in [-0.2, -0.15) is 0 Å². The number of aryl methyl sites for hydroxylation is 1. The fraction of sp³-hybridized carbons (Fsp3) is 0.682. The van der Waals surface area contributed by atoms with Gasteiger partial charge in [-0.05, 0) is 63.1 Å². The van der Waals surface area contributed by atoms with E-state index in [4.69, 9.17) is 4.74 Å². The van der Waals surface area contributed by atoms with E-state index in [1.54, 1.807) is 6.07 Å². The molecule has 29 heavy (non-hydrogen) atoms. The van der Waals surface area contributed by atoms with Crippen molar-refractivity contribution in [2.45, 2.75) is 70.4 Å². The molecule has 6 nitrogen and oxygen atoms in total. The molecule has 1 aromatic carbocycles. The Morgan fingerprint density at radius 2 is 1.97 bits per heavy atom. The summed E-state index contributed by atoms with van der Waals surface area (Å²) in [7, 11) is -3.19. The van der Waals surface area contributed by atoms with Crippen molar-refractivity contribution in [1.29, 1.82) is 0 Å². The Balaban J connectivity index is 1.94. The van der Waals surface area contributed by atoms with Gasteiger partial charge >= 0.3 is 0 Å². The molecule has 0 heterocycles. The Hall–Kier alpha value is -1.60. The molecule has 164 valence electrons. The first-order chi connectivity index (χ1) is 13.8. The van der Waals surface area contributed by atoms with Crippen LogP contribution >= 0.6 is 0 Å². The van der Waals surface area contributed by atoms with Crippen LogP contribution in [0, 0.1) is 12.8 Å². The number of nitrogens with one attached hydrogen (secondary N) is 2. The Labute approximate surface area is 176 Å². The van der Waals surface area contributed by atoms with Gasteiger partial charge in [0.2, 0.25) is 0 Å². The van der Waals surface area contributed by atoms with Gasteiger partial charge in [0.1, 0.15) is 0 Å². The van der Waals surface area contributed by atoms with Gasteiger partial charge in [0, 0.05) is 26.0 Å². The lowest BCUT2D eigenvalue weighted by Gasteiger charge is -2.24. The van der Waals surface area contributed by atoms with Crippen molar-refractivity contribution in [2.75, 3.05) is 26.0 Å². The zero-order valence-electron chi connectivity index (χ0n) is 18.3. The Kier molecular flexibility index (Phi) is 9.43. The van der Waals surface area contributed by atoms with Crippen LogP contribution in [0.1, 0.15) is 57.1 Å². The monoisotopic (exact) mass is 423 g/mol. The van der Waals surface area contributed by atoms with Gasteiger partial charge in [-0.3, -0.25) is 0 Å². The first kappa shape index (κ1) is 23.7. The predicted octanol–water partition coefficient (Wildman–Crippen LogP) is 3.44. The fourth-order valence-corrected chi connectivity index (χ4v) is 5.03. The second kappa shape index (κ2) is 11.6. The van der Waals surface area contributed by atoms with Crippen molar-refractivity contribution < 1.29 is 13.2 Å². The zero-order valence-corrected chi connectivity index (χ0v) is 19.1. The lowest BCUT2D eigenvalue weighted by molar-refractivity contribution is 0.0169. The minimum absolute atomic E-state index is 0.323. The molecule has 0 aromatic heterocycles. The maximum atomic E-state index is 11.8. The normalized spacial score (nSPS) is 16.8. The maximum absolute atomic E-state index is 11.8. The summed E-state index contributed by atoms with van der Waals surface area (Å²) in [6.07, 6.45) is 7.74. The van der Waals surface area contributed by atoms with Crippen LogP contribution in [0.2, 0.25) is 0 Å². The van der Waals surface area contributed by atoms with Gasteiger partial charge in [0.25, 0.3) is 0 Å². The van der Waals surface area contributed by atoms with E-state index in [-0.39, 0.29) is 0 Å². The van der Waals surface area contributed by atoms with E-state index in [0.717, 1.165) is 43.2 Å². The number of benzene rings is 1. The summed E-state index contributed by atoms with van der Waals surface area (Å²) in [5, 5.41) is 6.70. The van der Waals surface area contributed by atoms with Gasteiger partial charge < -0.3 is 15.4 Å². The number of hydrogen-bond donors (Lipinski definition) is 2. The van der Waals surface area contributed by atoms with E-state index in [1.165, 1.54) is 31.9 Å². The molecule has 0 aliphatic heterocycles. The number of ether oxygens (including phenoxy) is 1. The molecule has 1 unspecified atom stereocenters. The van der Waals surface area contributed by atoms with Gasteiger partial charge in [-0.15, -0.1) is 0 Å². The van der Waals surface area contributed by atoms with Gasteiger partial charge in [0.05, 0.1) is 17.5 Å². The topological polar surface area (TPSA) is 79.8 Å². The first-order valence-electron chi connectivity index (χ1n) is 10.8. The Morgan fingerprint density at radius 3 is 2.55 bits per heavy atom. The molecular formula is C22H37N3O3S.